The summed E-state index contributed by atoms with van der Waals surface area (Å²) in [6.07, 6.45) is 0. The van der Waals surface area contributed by atoms with Crippen LogP contribution < -0.4 is 10.1 Å². The van der Waals surface area contributed by atoms with Crippen molar-refractivity contribution >= 4 is 16.7 Å². The lowest BCUT2D eigenvalue weighted by Crippen LogP contribution is -2.31. The molecule has 0 aliphatic carbocycles. The van der Waals surface area contributed by atoms with Gasteiger partial charge in [-0.2, -0.15) is 0 Å². The number of carbonyl (C=O) groups is 1. The van der Waals surface area contributed by atoms with Crippen LogP contribution in [0.3, 0.4) is 0 Å². The van der Waals surface area contributed by atoms with Gasteiger partial charge < -0.3 is 10.1 Å². The molecule has 0 aliphatic rings. The number of nitrogens with one attached hydrogen (secondary N) is 1. The Labute approximate surface area is 145 Å². The van der Waals surface area contributed by atoms with Crippen LogP contribution in [-0.2, 0) is 21.3 Å². The van der Waals surface area contributed by atoms with E-state index in [4.69, 9.17) is 4.74 Å². The SMILES string of the molecule is CCOc1ccccc1CS(=O)CC(=O)NC(C)c1ccccc1. The van der Waals surface area contributed by atoms with Gasteiger partial charge in [-0.15, -0.1) is 0 Å². The van der Waals surface area contributed by atoms with Crippen molar-refractivity contribution in [1.29, 1.82) is 0 Å². The first kappa shape index (κ1) is 18.2. The molecule has 2 unspecified atom stereocenters. The Kier molecular flexibility index (Phi) is 7.00. The number of carbonyl (C=O) groups excluding carboxylic acids is 1. The van der Waals surface area contributed by atoms with E-state index < -0.39 is 10.8 Å². The standard InChI is InChI=1S/C19H23NO3S/c1-3-23-18-12-8-7-11-17(18)13-24(22)14-19(21)20-15(2)16-9-5-4-6-10-16/h4-12,15H,3,13-14H2,1-2H3,(H,20,21). The van der Waals surface area contributed by atoms with Crippen molar-refractivity contribution in [3.63, 3.8) is 0 Å². The molecule has 24 heavy (non-hydrogen) atoms. The van der Waals surface area contributed by atoms with Gasteiger partial charge in [0.1, 0.15) is 11.5 Å². The maximum atomic E-state index is 12.3. The molecule has 2 rings (SSSR count). The van der Waals surface area contributed by atoms with Gasteiger partial charge in [0.25, 0.3) is 0 Å². The van der Waals surface area contributed by atoms with Gasteiger partial charge in [-0.25, -0.2) is 0 Å². The molecular formula is C19H23NO3S. The first-order valence-electron chi connectivity index (χ1n) is 8.00. The summed E-state index contributed by atoms with van der Waals surface area (Å²) >= 11 is 0. The lowest BCUT2D eigenvalue weighted by Gasteiger charge is -2.14. The van der Waals surface area contributed by atoms with Gasteiger partial charge >= 0.3 is 0 Å². The van der Waals surface area contributed by atoms with E-state index in [-0.39, 0.29) is 17.7 Å². The highest BCUT2D eigenvalue weighted by Crippen LogP contribution is 2.19. The monoisotopic (exact) mass is 345 g/mol. The van der Waals surface area contributed by atoms with Gasteiger partial charge in [0.15, 0.2) is 0 Å². The van der Waals surface area contributed by atoms with Crippen LogP contribution in [0.2, 0.25) is 0 Å². The molecule has 5 heteroatoms. The van der Waals surface area contributed by atoms with Crippen molar-refractivity contribution in [2.75, 3.05) is 12.4 Å². The topological polar surface area (TPSA) is 55.4 Å². The Bertz CT molecular complexity index is 688. The van der Waals surface area contributed by atoms with Crippen molar-refractivity contribution in [2.24, 2.45) is 0 Å². The Morgan fingerprint density at radius 2 is 1.79 bits per heavy atom. The predicted molar refractivity (Wildman–Crippen MR) is 97.3 cm³/mol. The molecule has 0 heterocycles. The second-order valence-electron chi connectivity index (χ2n) is 5.47. The highest BCUT2D eigenvalue weighted by atomic mass is 32.2. The van der Waals surface area contributed by atoms with Crippen molar-refractivity contribution in [2.45, 2.75) is 25.6 Å². The Balaban J connectivity index is 1.89. The Morgan fingerprint density at radius 1 is 1.12 bits per heavy atom. The summed E-state index contributed by atoms with van der Waals surface area (Å²) < 4.78 is 17.8. The summed E-state index contributed by atoms with van der Waals surface area (Å²) in [5, 5.41) is 2.89. The molecule has 0 bridgehead atoms. The quantitative estimate of drug-likeness (QED) is 0.799. The number of ether oxygens (including phenoxy) is 1. The summed E-state index contributed by atoms with van der Waals surface area (Å²) in [4.78, 5) is 12.1. The van der Waals surface area contributed by atoms with E-state index in [1.165, 1.54) is 0 Å². The second-order valence-corrected chi connectivity index (χ2v) is 6.93. The van der Waals surface area contributed by atoms with E-state index in [0.29, 0.717) is 12.4 Å². The molecule has 1 N–H and O–H groups in total. The number of rotatable bonds is 8. The van der Waals surface area contributed by atoms with Crippen LogP contribution in [0.4, 0.5) is 0 Å². The van der Waals surface area contributed by atoms with Crippen molar-refractivity contribution in [3.8, 4) is 5.75 Å². The maximum Gasteiger partial charge on any atom is 0.233 e. The number of amides is 1. The molecular weight excluding hydrogens is 322 g/mol. The summed E-state index contributed by atoms with van der Waals surface area (Å²) in [6.45, 7) is 4.38. The summed E-state index contributed by atoms with van der Waals surface area (Å²) in [5.41, 5.74) is 1.89. The van der Waals surface area contributed by atoms with E-state index in [2.05, 4.69) is 5.32 Å². The minimum absolute atomic E-state index is 0.0162. The molecule has 4 nitrogen and oxygen atoms in total. The summed E-state index contributed by atoms with van der Waals surface area (Å²) in [7, 11) is -1.28. The zero-order chi connectivity index (χ0) is 17.4. The first-order chi connectivity index (χ1) is 11.6. The molecule has 2 aromatic rings. The first-order valence-corrected chi connectivity index (χ1v) is 9.49. The highest BCUT2D eigenvalue weighted by molar-refractivity contribution is 7.84. The average Bonchev–Trinajstić information content (AvgIpc) is 2.57. The number of benzene rings is 2. The molecule has 0 saturated carbocycles. The van der Waals surface area contributed by atoms with Crippen LogP contribution in [0, 0.1) is 0 Å². The van der Waals surface area contributed by atoms with E-state index >= 15 is 0 Å². The van der Waals surface area contributed by atoms with Crippen LogP contribution in [0.5, 0.6) is 5.75 Å². The number of hydrogen-bond donors (Lipinski definition) is 1. The van der Waals surface area contributed by atoms with Crippen molar-refractivity contribution in [1.82, 2.24) is 5.32 Å². The van der Waals surface area contributed by atoms with Gasteiger partial charge in [-0.3, -0.25) is 9.00 Å². The van der Waals surface area contributed by atoms with Crippen LogP contribution in [0.1, 0.15) is 31.0 Å². The van der Waals surface area contributed by atoms with E-state index in [1.54, 1.807) is 0 Å². The van der Waals surface area contributed by atoms with Gasteiger partial charge in [0.05, 0.1) is 18.4 Å². The molecule has 2 atom stereocenters. The molecule has 0 aromatic heterocycles. The molecule has 2 aromatic carbocycles. The average molecular weight is 345 g/mol. The third-order valence-corrected chi connectivity index (χ3v) is 4.78. The minimum Gasteiger partial charge on any atom is -0.494 e. The van der Waals surface area contributed by atoms with Gasteiger partial charge in [0, 0.05) is 16.4 Å². The molecule has 1 amide bonds. The fraction of sp³-hybridized carbons (Fsp3) is 0.316. The van der Waals surface area contributed by atoms with Crippen LogP contribution in [0.15, 0.2) is 54.6 Å². The fourth-order valence-electron chi connectivity index (χ4n) is 2.40. The lowest BCUT2D eigenvalue weighted by atomic mass is 10.1. The van der Waals surface area contributed by atoms with Crippen molar-refractivity contribution < 1.29 is 13.7 Å². The van der Waals surface area contributed by atoms with Gasteiger partial charge in [-0.1, -0.05) is 48.5 Å². The van der Waals surface area contributed by atoms with Crippen molar-refractivity contribution in [3.05, 3.63) is 65.7 Å². The third kappa shape index (κ3) is 5.49. The van der Waals surface area contributed by atoms with E-state index in [1.807, 2.05) is 68.4 Å². The van der Waals surface area contributed by atoms with Gasteiger partial charge in [-0.05, 0) is 25.5 Å². The molecule has 0 aliphatic heterocycles. The molecule has 0 saturated heterocycles. The fourth-order valence-corrected chi connectivity index (χ4v) is 3.46. The smallest absolute Gasteiger partial charge is 0.233 e. The summed E-state index contributed by atoms with van der Waals surface area (Å²) in [5.74, 6) is 0.811. The second kappa shape index (κ2) is 9.23. The van der Waals surface area contributed by atoms with E-state index in [9.17, 15) is 9.00 Å². The number of hydrogen-bond acceptors (Lipinski definition) is 3. The molecule has 0 fully saturated rings. The molecule has 0 radical (unpaired) electrons. The molecule has 128 valence electrons. The highest BCUT2D eigenvalue weighted by Gasteiger charge is 2.14. The van der Waals surface area contributed by atoms with Crippen LogP contribution in [0.25, 0.3) is 0 Å². The number of para-hydroxylation sites is 1. The zero-order valence-electron chi connectivity index (χ0n) is 14.0. The van der Waals surface area contributed by atoms with Crippen LogP contribution >= 0.6 is 0 Å². The van der Waals surface area contributed by atoms with Crippen LogP contribution in [-0.4, -0.2) is 22.5 Å². The lowest BCUT2D eigenvalue weighted by molar-refractivity contribution is -0.119. The summed E-state index contributed by atoms with van der Waals surface area (Å²) in [6, 6.07) is 17.1. The Morgan fingerprint density at radius 3 is 2.50 bits per heavy atom. The maximum absolute atomic E-state index is 12.3. The minimum atomic E-state index is -1.28. The van der Waals surface area contributed by atoms with E-state index in [0.717, 1.165) is 16.9 Å². The molecule has 0 spiro atoms. The Hall–Kier alpha value is -2.14. The predicted octanol–water partition coefficient (Wildman–Crippen LogP) is 3.21. The third-order valence-electron chi connectivity index (χ3n) is 3.56. The zero-order valence-corrected chi connectivity index (χ0v) is 14.8. The normalized spacial score (nSPS) is 13.1. The largest absolute Gasteiger partial charge is 0.494 e. The van der Waals surface area contributed by atoms with Gasteiger partial charge in [0.2, 0.25) is 5.91 Å².